The van der Waals surface area contributed by atoms with E-state index in [1.165, 1.54) is 17.7 Å². The normalized spacial score (nSPS) is 11.4. The molecule has 0 bridgehead atoms. The van der Waals surface area contributed by atoms with E-state index in [0.717, 1.165) is 0 Å². The number of aromatic amines is 1. The van der Waals surface area contributed by atoms with E-state index in [1.54, 1.807) is 24.3 Å². The smallest absolute Gasteiger partial charge is 0.218 e. The van der Waals surface area contributed by atoms with Crippen molar-refractivity contribution in [3.63, 3.8) is 0 Å². The van der Waals surface area contributed by atoms with E-state index in [2.05, 4.69) is 15.2 Å². The maximum atomic E-state index is 12.2. The monoisotopic (exact) mass is 291 g/mol. The van der Waals surface area contributed by atoms with Gasteiger partial charge in [0.2, 0.25) is 10.0 Å². The summed E-state index contributed by atoms with van der Waals surface area (Å²) < 4.78 is 25.6. The summed E-state index contributed by atoms with van der Waals surface area (Å²) in [4.78, 5) is 3.89. The lowest BCUT2D eigenvalue weighted by Crippen LogP contribution is -2.28. The molecule has 1 aromatic heterocycles. The molecule has 0 spiro atoms. The molecule has 0 saturated heterocycles. The summed E-state index contributed by atoms with van der Waals surface area (Å²) in [5.74, 6) is 0.314. The van der Waals surface area contributed by atoms with Gasteiger partial charge in [-0.1, -0.05) is 12.1 Å². The van der Waals surface area contributed by atoms with Crippen LogP contribution in [0, 0.1) is 11.3 Å². The van der Waals surface area contributed by atoms with Gasteiger partial charge in [-0.3, -0.25) is 5.10 Å². The van der Waals surface area contributed by atoms with Crippen LogP contribution in [0.1, 0.15) is 17.0 Å². The van der Waals surface area contributed by atoms with Crippen molar-refractivity contribution < 1.29 is 8.42 Å². The van der Waals surface area contributed by atoms with Gasteiger partial charge in [-0.2, -0.15) is 14.7 Å². The van der Waals surface area contributed by atoms with E-state index in [-0.39, 0.29) is 12.3 Å². The molecule has 0 aliphatic rings. The summed E-state index contributed by atoms with van der Waals surface area (Å²) in [6.45, 7) is 0.125. The highest BCUT2D eigenvalue weighted by molar-refractivity contribution is 7.88. The van der Waals surface area contributed by atoms with Gasteiger partial charge in [0.1, 0.15) is 12.2 Å². The zero-order valence-electron chi connectivity index (χ0n) is 10.8. The Morgan fingerprint density at radius 2 is 2.25 bits per heavy atom. The Morgan fingerprint density at radius 3 is 2.90 bits per heavy atom. The molecule has 0 aliphatic heterocycles. The predicted octanol–water partition coefficient (Wildman–Crippen LogP) is 0.638. The van der Waals surface area contributed by atoms with E-state index in [9.17, 15) is 8.42 Å². The van der Waals surface area contributed by atoms with E-state index in [0.29, 0.717) is 17.0 Å². The van der Waals surface area contributed by atoms with Crippen molar-refractivity contribution in [1.82, 2.24) is 19.5 Å². The number of rotatable bonds is 5. The van der Waals surface area contributed by atoms with Crippen molar-refractivity contribution in [2.45, 2.75) is 12.3 Å². The van der Waals surface area contributed by atoms with Gasteiger partial charge in [-0.05, 0) is 17.7 Å². The fourth-order valence-corrected chi connectivity index (χ4v) is 2.81. The summed E-state index contributed by atoms with van der Waals surface area (Å²) in [7, 11) is -2.00. The van der Waals surface area contributed by atoms with E-state index < -0.39 is 10.0 Å². The second kappa shape index (κ2) is 5.81. The summed E-state index contributed by atoms with van der Waals surface area (Å²) in [6.07, 6.45) is 1.33. The summed E-state index contributed by atoms with van der Waals surface area (Å²) in [5.41, 5.74) is 1.02. The van der Waals surface area contributed by atoms with Gasteiger partial charge >= 0.3 is 0 Å². The molecule has 104 valence electrons. The molecule has 1 aromatic carbocycles. The highest BCUT2D eigenvalue weighted by Crippen LogP contribution is 2.12. The van der Waals surface area contributed by atoms with Crippen LogP contribution in [0.2, 0.25) is 0 Å². The number of benzene rings is 1. The van der Waals surface area contributed by atoms with E-state index in [4.69, 9.17) is 5.26 Å². The number of aromatic nitrogens is 3. The van der Waals surface area contributed by atoms with Gasteiger partial charge in [0.25, 0.3) is 0 Å². The zero-order chi connectivity index (χ0) is 14.6. The highest BCUT2D eigenvalue weighted by atomic mass is 32.2. The third-order valence-electron chi connectivity index (χ3n) is 2.72. The van der Waals surface area contributed by atoms with Gasteiger partial charge in [0, 0.05) is 7.05 Å². The molecule has 1 heterocycles. The van der Waals surface area contributed by atoms with Crippen molar-refractivity contribution in [2.75, 3.05) is 7.05 Å². The Bertz CT molecular complexity index is 719. The second-order valence-electron chi connectivity index (χ2n) is 4.26. The van der Waals surface area contributed by atoms with E-state index in [1.807, 2.05) is 6.07 Å². The van der Waals surface area contributed by atoms with Gasteiger partial charge < -0.3 is 0 Å². The van der Waals surface area contributed by atoms with Crippen molar-refractivity contribution in [3.8, 4) is 6.07 Å². The van der Waals surface area contributed by atoms with Crippen LogP contribution in [0.25, 0.3) is 0 Å². The van der Waals surface area contributed by atoms with Crippen LogP contribution in [0.4, 0.5) is 0 Å². The number of H-pyrrole nitrogens is 1. The largest absolute Gasteiger partial charge is 0.262 e. The minimum Gasteiger partial charge on any atom is -0.262 e. The SMILES string of the molecule is CN(Cc1ncn[nH]1)S(=O)(=O)Cc1cccc(C#N)c1. The molecule has 7 nitrogen and oxygen atoms in total. The Kier molecular flexibility index (Phi) is 4.12. The van der Waals surface area contributed by atoms with Gasteiger partial charge in [-0.15, -0.1) is 0 Å². The first-order chi connectivity index (χ1) is 9.51. The van der Waals surface area contributed by atoms with Crippen LogP contribution in [0.3, 0.4) is 0 Å². The molecular weight excluding hydrogens is 278 g/mol. The Morgan fingerprint density at radius 1 is 1.45 bits per heavy atom. The lowest BCUT2D eigenvalue weighted by atomic mass is 10.2. The van der Waals surface area contributed by atoms with Crippen molar-refractivity contribution in [2.24, 2.45) is 0 Å². The number of hydrogen-bond donors (Lipinski definition) is 1. The maximum absolute atomic E-state index is 12.2. The molecule has 2 aromatic rings. The Hall–Kier alpha value is -2.24. The van der Waals surface area contributed by atoms with Crippen molar-refractivity contribution >= 4 is 10.0 Å². The molecule has 0 aliphatic carbocycles. The van der Waals surface area contributed by atoms with Gasteiger partial charge in [0.05, 0.1) is 23.9 Å². The number of sulfonamides is 1. The molecule has 0 saturated carbocycles. The molecular formula is C12H13N5O2S. The van der Waals surface area contributed by atoms with Crippen LogP contribution in [0.5, 0.6) is 0 Å². The minimum absolute atomic E-state index is 0.125. The lowest BCUT2D eigenvalue weighted by Gasteiger charge is -2.15. The third-order valence-corrected chi connectivity index (χ3v) is 4.49. The first-order valence-electron chi connectivity index (χ1n) is 5.78. The fourth-order valence-electron chi connectivity index (χ4n) is 1.67. The number of nitrogens with one attached hydrogen (secondary N) is 1. The van der Waals surface area contributed by atoms with Crippen LogP contribution >= 0.6 is 0 Å². The molecule has 1 N–H and O–H groups in total. The van der Waals surface area contributed by atoms with Crippen LogP contribution in [-0.2, 0) is 22.3 Å². The quantitative estimate of drug-likeness (QED) is 0.870. The Balaban J connectivity index is 2.12. The predicted molar refractivity (Wildman–Crippen MR) is 71.6 cm³/mol. The van der Waals surface area contributed by atoms with Crippen molar-refractivity contribution in [1.29, 1.82) is 5.26 Å². The summed E-state index contributed by atoms with van der Waals surface area (Å²) >= 11 is 0. The standard InChI is InChI=1S/C12H13N5O2S/c1-17(7-12-14-9-15-16-12)20(18,19)8-11-4-2-3-10(5-11)6-13/h2-5,9H,7-8H2,1H3,(H,14,15,16). The lowest BCUT2D eigenvalue weighted by molar-refractivity contribution is 0.456. The molecule has 2 rings (SSSR count). The summed E-state index contributed by atoms with van der Waals surface area (Å²) in [5, 5.41) is 15.1. The van der Waals surface area contributed by atoms with Gasteiger partial charge in [0.15, 0.2) is 0 Å². The second-order valence-corrected chi connectivity index (χ2v) is 6.33. The van der Waals surface area contributed by atoms with Crippen LogP contribution < -0.4 is 0 Å². The van der Waals surface area contributed by atoms with Crippen LogP contribution in [-0.4, -0.2) is 35.0 Å². The minimum atomic E-state index is -3.48. The average molecular weight is 291 g/mol. The first-order valence-corrected chi connectivity index (χ1v) is 7.39. The highest BCUT2D eigenvalue weighted by Gasteiger charge is 2.19. The fraction of sp³-hybridized carbons (Fsp3) is 0.250. The topological polar surface area (TPSA) is 103 Å². The van der Waals surface area contributed by atoms with Crippen LogP contribution in [0.15, 0.2) is 30.6 Å². The Labute approximate surface area is 116 Å². The molecule has 0 radical (unpaired) electrons. The molecule has 0 amide bonds. The van der Waals surface area contributed by atoms with Crippen molar-refractivity contribution in [3.05, 3.63) is 47.5 Å². The van der Waals surface area contributed by atoms with E-state index >= 15 is 0 Å². The molecule has 0 atom stereocenters. The number of nitrogens with zero attached hydrogens (tertiary/aromatic N) is 4. The number of hydrogen-bond acceptors (Lipinski definition) is 5. The summed E-state index contributed by atoms with van der Waals surface area (Å²) in [6, 6.07) is 8.54. The molecule has 8 heteroatoms. The molecule has 0 unspecified atom stereocenters. The third kappa shape index (κ3) is 3.40. The average Bonchev–Trinajstić information content (AvgIpc) is 2.91. The maximum Gasteiger partial charge on any atom is 0.218 e. The molecule has 20 heavy (non-hydrogen) atoms. The zero-order valence-corrected chi connectivity index (χ0v) is 11.6. The van der Waals surface area contributed by atoms with Gasteiger partial charge in [-0.25, -0.2) is 13.4 Å². The number of nitriles is 1. The first kappa shape index (κ1) is 14.2. The molecule has 0 fully saturated rings.